The molecule has 4 rings (SSSR count). The van der Waals surface area contributed by atoms with Crippen LogP contribution in [0.2, 0.25) is 0 Å². The predicted octanol–water partition coefficient (Wildman–Crippen LogP) is -1.63. The van der Waals surface area contributed by atoms with Crippen LogP contribution >= 0.6 is 0 Å². The summed E-state index contributed by atoms with van der Waals surface area (Å²) in [6.45, 7) is -1.23. The molecule has 0 saturated carbocycles. The summed E-state index contributed by atoms with van der Waals surface area (Å²) in [5.41, 5.74) is 1.25. The Balaban J connectivity index is 1.68. The smallest absolute Gasteiger partial charge is 0.229 e. The molecule has 8 N–H and O–H groups in total. The molecule has 2 aliphatic heterocycles. The fraction of sp³-hybridized carbons (Fsp3) is 0.600. The number of aliphatic hydroxyl groups excluding tert-OH is 8. The molecular weight excluding hydrogens is 708 g/mol. The predicted molar refractivity (Wildman–Crippen MR) is 182 cm³/mol. The van der Waals surface area contributed by atoms with E-state index in [-0.39, 0.29) is 36.0 Å². The summed E-state index contributed by atoms with van der Waals surface area (Å²) < 4.78 is 56.9. The number of methoxy groups -OCH3 is 5. The van der Waals surface area contributed by atoms with Crippen LogP contribution in [0.1, 0.15) is 11.1 Å². The maximum Gasteiger partial charge on any atom is 0.229 e. The lowest BCUT2D eigenvalue weighted by atomic mass is 9.99. The molecule has 0 unspecified atom stereocenters. The van der Waals surface area contributed by atoms with Crippen LogP contribution < -0.4 is 28.4 Å². The average Bonchev–Trinajstić information content (AvgIpc) is 3.17. The maximum atomic E-state index is 10.6. The van der Waals surface area contributed by atoms with Gasteiger partial charge in [0, 0.05) is 13.5 Å². The molecule has 0 aromatic heterocycles. The standard InChI is InChI=1S/C35H50O18/c1-44-8-6-7-17-10-20(45-2)32(21(11-17)46-3)50-19(16-49-34-30(42)28(40)26(38)24(14-36)51-34)9-18-12-22(47-4)33(23(13-18)48-5)53-35-31(43)29(41)27(39)25(15-37)52-35/h6-7,10-13,19,24-31,34-43H,8-9,14-16H2,1-5H3/b7-6+/t19-,24-,25-,26-,27-,28+,29+,30-,31-,34-,35+/m1/s1. The number of aliphatic hydroxyl groups is 8. The molecule has 2 aliphatic rings. The first-order valence-electron chi connectivity index (χ1n) is 16.7. The molecule has 2 fully saturated rings. The van der Waals surface area contributed by atoms with Crippen molar-refractivity contribution in [2.45, 2.75) is 73.9 Å². The van der Waals surface area contributed by atoms with Gasteiger partial charge in [-0.1, -0.05) is 12.2 Å². The van der Waals surface area contributed by atoms with Gasteiger partial charge in [-0.05, 0) is 35.4 Å². The van der Waals surface area contributed by atoms with Gasteiger partial charge in [-0.2, -0.15) is 0 Å². The van der Waals surface area contributed by atoms with Crippen molar-refractivity contribution in [2.24, 2.45) is 0 Å². The zero-order chi connectivity index (χ0) is 38.8. The van der Waals surface area contributed by atoms with E-state index in [4.69, 9.17) is 47.4 Å². The Morgan fingerprint density at radius 2 is 1.13 bits per heavy atom. The second-order valence-corrected chi connectivity index (χ2v) is 12.2. The Hall–Kier alpha value is -3.50. The fourth-order valence-corrected chi connectivity index (χ4v) is 5.81. The molecule has 0 radical (unpaired) electrons. The van der Waals surface area contributed by atoms with Crippen LogP contribution in [0.3, 0.4) is 0 Å². The number of hydrogen-bond acceptors (Lipinski definition) is 18. The summed E-state index contributed by atoms with van der Waals surface area (Å²) in [4.78, 5) is 0. The van der Waals surface area contributed by atoms with Crippen molar-refractivity contribution in [1.29, 1.82) is 0 Å². The van der Waals surface area contributed by atoms with Gasteiger partial charge in [0.2, 0.25) is 17.8 Å². The van der Waals surface area contributed by atoms with E-state index in [1.807, 2.05) is 6.08 Å². The van der Waals surface area contributed by atoms with Crippen molar-refractivity contribution >= 4 is 6.08 Å². The molecule has 0 aliphatic carbocycles. The first-order valence-corrected chi connectivity index (χ1v) is 16.7. The van der Waals surface area contributed by atoms with E-state index in [0.717, 1.165) is 5.56 Å². The Morgan fingerprint density at radius 1 is 0.642 bits per heavy atom. The van der Waals surface area contributed by atoms with Crippen molar-refractivity contribution < 1.29 is 88.2 Å². The van der Waals surface area contributed by atoms with E-state index < -0.39 is 80.7 Å². The molecular formula is C35H50O18. The molecule has 0 amide bonds. The number of hydrogen-bond donors (Lipinski definition) is 8. The molecule has 2 aromatic carbocycles. The Bertz CT molecular complexity index is 1420. The lowest BCUT2D eigenvalue weighted by molar-refractivity contribution is -0.304. The van der Waals surface area contributed by atoms with Crippen molar-refractivity contribution in [1.82, 2.24) is 0 Å². The van der Waals surface area contributed by atoms with E-state index in [1.54, 1.807) is 37.5 Å². The highest BCUT2D eigenvalue weighted by atomic mass is 16.7. The quantitative estimate of drug-likeness (QED) is 0.0849. The van der Waals surface area contributed by atoms with Gasteiger partial charge in [0.25, 0.3) is 0 Å². The third kappa shape index (κ3) is 9.98. The summed E-state index contributed by atoms with van der Waals surface area (Å²) in [7, 11) is 7.18. The third-order valence-corrected chi connectivity index (χ3v) is 8.70. The van der Waals surface area contributed by atoms with Gasteiger partial charge in [-0.3, -0.25) is 0 Å². The molecule has 53 heavy (non-hydrogen) atoms. The van der Waals surface area contributed by atoms with Gasteiger partial charge in [0.1, 0.15) is 54.9 Å². The van der Waals surface area contributed by atoms with E-state index in [0.29, 0.717) is 23.7 Å². The van der Waals surface area contributed by atoms with Crippen LogP contribution in [-0.4, -0.2) is 170 Å². The minimum Gasteiger partial charge on any atom is -0.493 e. The van der Waals surface area contributed by atoms with Crippen LogP contribution in [0.5, 0.6) is 34.5 Å². The monoisotopic (exact) mass is 758 g/mol. The van der Waals surface area contributed by atoms with Crippen LogP contribution in [0.4, 0.5) is 0 Å². The summed E-state index contributed by atoms with van der Waals surface area (Å²) in [6, 6.07) is 6.59. The largest absolute Gasteiger partial charge is 0.493 e. The Morgan fingerprint density at radius 3 is 1.62 bits per heavy atom. The number of ether oxygens (including phenoxy) is 10. The SMILES string of the molecule is COC/C=C/c1cc(OC)c(O[C@@H](CO[C@@H]2O[C@H](CO)[C@@H](O)[C@H](O)[C@H]2O)Cc2cc(OC)c(O[C@@H]3O[C@H](CO)[C@@H](O)[C@H](O)[C@H]3O)c(OC)c2)c(OC)c1. The van der Waals surface area contributed by atoms with Crippen molar-refractivity contribution in [2.75, 3.05) is 62.0 Å². The second kappa shape index (κ2) is 19.7. The molecule has 2 aromatic rings. The minimum atomic E-state index is -1.70. The highest BCUT2D eigenvalue weighted by Gasteiger charge is 2.46. The fourth-order valence-electron chi connectivity index (χ4n) is 5.81. The van der Waals surface area contributed by atoms with E-state index >= 15 is 0 Å². The van der Waals surface area contributed by atoms with Crippen molar-refractivity contribution in [3.63, 3.8) is 0 Å². The first-order chi connectivity index (χ1) is 25.4. The van der Waals surface area contributed by atoms with E-state index in [9.17, 15) is 40.9 Å². The van der Waals surface area contributed by atoms with Gasteiger partial charge in [0.05, 0.1) is 54.9 Å². The van der Waals surface area contributed by atoms with Gasteiger partial charge in [-0.15, -0.1) is 0 Å². The lowest BCUT2D eigenvalue weighted by Crippen LogP contribution is -2.60. The molecule has 2 heterocycles. The van der Waals surface area contributed by atoms with Crippen molar-refractivity contribution in [3.05, 3.63) is 41.5 Å². The van der Waals surface area contributed by atoms with Gasteiger partial charge < -0.3 is 88.2 Å². The molecule has 11 atom stereocenters. The highest BCUT2D eigenvalue weighted by molar-refractivity contribution is 5.62. The molecule has 18 nitrogen and oxygen atoms in total. The zero-order valence-electron chi connectivity index (χ0n) is 30.0. The van der Waals surface area contributed by atoms with Gasteiger partial charge in [0.15, 0.2) is 29.3 Å². The molecule has 2 saturated heterocycles. The highest BCUT2D eigenvalue weighted by Crippen LogP contribution is 2.43. The zero-order valence-corrected chi connectivity index (χ0v) is 30.0. The summed E-state index contributed by atoms with van der Waals surface area (Å²) >= 11 is 0. The lowest BCUT2D eigenvalue weighted by Gasteiger charge is -2.40. The Kier molecular flexibility index (Phi) is 15.7. The van der Waals surface area contributed by atoms with Gasteiger partial charge >= 0.3 is 0 Å². The van der Waals surface area contributed by atoms with Crippen LogP contribution in [0.15, 0.2) is 30.3 Å². The van der Waals surface area contributed by atoms with Crippen LogP contribution in [0.25, 0.3) is 6.08 Å². The van der Waals surface area contributed by atoms with Crippen LogP contribution in [0, 0.1) is 0 Å². The molecule has 0 bridgehead atoms. The maximum absolute atomic E-state index is 10.6. The summed E-state index contributed by atoms with van der Waals surface area (Å²) in [6.07, 6.45) is -12.6. The molecule has 0 spiro atoms. The molecule has 298 valence electrons. The van der Waals surface area contributed by atoms with Gasteiger partial charge in [-0.25, -0.2) is 0 Å². The minimum absolute atomic E-state index is 0.0291. The first kappa shape index (κ1) is 42.2. The normalized spacial score (nSPS) is 29.5. The third-order valence-electron chi connectivity index (χ3n) is 8.70. The topological polar surface area (TPSA) is 254 Å². The Labute approximate surface area is 306 Å². The van der Waals surface area contributed by atoms with E-state index in [1.165, 1.54) is 28.4 Å². The summed E-state index contributed by atoms with van der Waals surface area (Å²) in [5, 5.41) is 81.5. The van der Waals surface area contributed by atoms with Crippen molar-refractivity contribution in [3.8, 4) is 34.5 Å². The summed E-state index contributed by atoms with van der Waals surface area (Å²) in [5.74, 6) is 0.983. The van der Waals surface area contributed by atoms with E-state index in [2.05, 4.69) is 0 Å². The average molecular weight is 759 g/mol. The number of rotatable bonds is 18. The second-order valence-electron chi connectivity index (χ2n) is 12.2. The van der Waals surface area contributed by atoms with Crippen LogP contribution in [-0.2, 0) is 25.4 Å². The number of benzene rings is 2. The molecule has 18 heteroatoms.